The zero-order valence-electron chi connectivity index (χ0n) is 8.62. The fourth-order valence-corrected chi connectivity index (χ4v) is 1.88. The summed E-state index contributed by atoms with van der Waals surface area (Å²) in [5.41, 5.74) is 0. The molecule has 3 heteroatoms. The highest BCUT2D eigenvalue weighted by molar-refractivity contribution is 4.84. The van der Waals surface area contributed by atoms with Crippen LogP contribution in [0.15, 0.2) is 0 Å². The summed E-state index contributed by atoms with van der Waals surface area (Å²) in [5.74, 6) is 0. The summed E-state index contributed by atoms with van der Waals surface area (Å²) in [6.07, 6.45) is 4.09. The zero-order chi connectivity index (χ0) is 9.68. The second-order valence-electron chi connectivity index (χ2n) is 3.95. The Bertz CT molecular complexity index is 141. The molecule has 1 aliphatic rings. The smallest absolute Gasteiger partial charge is 0.0693 e. The second kappa shape index (κ2) is 5.58. The third kappa shape index (κ3) is 3.63. The number of hydrogen-bond acceptors (Lipinski definition) is 3. The maximum absolute atomic E-state index is 9.57. The molecule has 1 fully saturated rings. The maximum atomic E-state index is 9.57. The Balaban J connectivity index is 2.15. The minimum Gasteiger partial charge on any atom is -0.392 e. The van der Waals surface area contributed by atoms with E-state index in [2.05, 4.69) is 12.2 Å². The molecule has 78 valence electrons. The molecule has 13 heavy (non-hydrogen) atoms. The van der Waals surface area contributed by atoms with E-state index in [1.54, 1.807) is 7.11 Å². The van der Waals surface area contributed by atoms with Crippen LogP contribution in [-0.2, 0) is 4.74 Å². The fraction of sp³-hybridized carbons (Fsp3) is 1.00. The third-order valence-electron chi connectivity index (χ3n) is 2.73. The Morgan fingerprint density at radius 1 is 1.54 bits per heavy atom. The van der Waals surface area contributed by atoms with Crippen molar-refractivity contribution in [1.82, 2.24) is 5.32 Å². The van der Waals surface area contributed by atoms with Gasteiger partial charge in [-0.1, -0.05) is 0 Å². The number of nitrogens with one attached hydrogen (secondary N) is 1. The monoisotopic (exact) mass is 187 g/mol. The fourth-order valence-electron chi connectivity index (χ4n) is 1.88. The first kappa shape index (κ1) is 11.0. The Kier molecular flexibility index (Phi) is 4.70. The van der Waals surface area contributed by atoms with Crippen LogP contribution < -0.4 is 5.32 Å². The lowest BCUT2D eigenvalue weighted by Gasteiger charge is -2.21. The van der Waals surface area contributed by atoms with Gasteiger partial charge in [0.1, 0.15) is 0 Å². The van der Waals surface area contributed by atoms with Gasteiger partial charge in [0.15, 0.2) is 0 Å². The van der Waals surface area contributed by atoms with E-state index in [9.17, 15) is 5.11 Å². The summed E-state index contributed by atoms with van der Waals surface area (Å²) in [4.78, 5) is 0. The number of aliphatic hydroxyl groups excluding tert-OH is 1. The molecule has 0 aromatic heterocycles. The molecule has 0 aliphatic heterocycles. The van der Waals surface area contributed by atoms with Gasteiger partial charge in [0, 0.05) is 25.8 Å². The lowest BCUT2D eigenvalue weighted by molar-refractivity contribution is 0.135. The van der Waals surface area contributed by atoms with Crippen LogP contribution in [0.5, 0.6) is 0 Å². The number of hydrogen-bond donors (Lipinski definition) is 2. The average Bonchev–Trinajstić information content (AvgIpc) is 2.48. The second-order valence-corrected chi connectivity index (χ2v) is 3.95. The molecule has 0 heterocycles. The molecule has 0 aromatic carbocycles. The van der Waals surface area contributed by atoms with Crippen LogP contribution in [-0.4, -0.2) is 37.0 Å². The first-order valence-electron chi connectivity index (χ1n) is 5.17. The van der Waals surface area contributed by atoms with Gasteiger partial charge in [-0.25, -0.2) is 0 Å². The largest absolute Gasteiger partial charge is 0.392 e. The molecule has 3 nitrogen and oxygen atoms in total. The van der Waals surface area contributed by atoms with Crippen molar-refractivity contribution < 1.29 is 9.84 Å². The van der Waals surface area contributed by atoms with Crippen LogP contribution >= 0.6 is 0 Å². The number of aliphatic hydroxyl groups is 1. The van der Waals surface area contributed by atoms with Gasteiger partial charge < -0.3 is 15.2 Å². The van der Waals surface area contributed by atoms with Crippen molar-refractivity contribution in [3.8, 4) is 0 Å². The van der Waals surface area contributed by atoms with Gasteiger partial charge >= 0.3 is 0 Å². The van der Waals surface area contributed by atoms with Crippen LogP contribution in [0.2, 0.25) is 0 Å². The van der Waals surface area contributed by atoms with Crippen LogP contribution in [0.25, 0.3) is 0 Å². The van der Waals surface area contributed by atoms with Crippen molar-refractivity contribution >= 4 is 0 Å². The molecule has 1 saturated carbocycles. The quantitative estimate of drug-likeness (QED) is 0.672. The number of methoxy groups -OCH3 is 1. The molecule has 0 amide bonds. The Hall–Kier alpha value is -0.120. The van der Waals surface area contributed by atoms with Gasteiger partial charge in [0.05, 0.1) is 6.10 Å². The predicted octanol–water partition coefficient (Wildman–Crippen LogP) is 0.914. The standard InChI is InChI=1S/C10H21NO2/c1-8(6-7-13-2)11-9-4-3-5-10(9)12/h8-12H,3-7H2,1-2H3/t8?,9-,10-/m0/s1. The van der Waals surface area contributed by atoms with Gasteiger partial charge in [-0.05, 0) is 32.6 Å². The highest BCUT2D eigenvalue weighted by Crippen LogP contribution is 2.19. The topological polar surface area (TPSA) is 41.5 Å². The Morgan fingerprint density at radius 2 is 2.31 bits per heavy atom. The average molecular weight is 187 g/mol. The van der Waals surface area contributed by atoms with E-state index < -0.39 is 0 Å². The molecule has 0 radical (unpaired) electrons. The van der Waals surface area contributed by atoms with Crippen molar-refractivity contribution in [2.75, 3.05) is 13.7 Å². The molecule has 3 atom stereocenters. The number of rotatable bonds is 5. The van der Waals surface area contributed by atoms with Gasteiger partial charge in [0.2, 0.25) is 0 Å². The van der Waals surface area contributed by atoms with E-state index in [0.29, 0.717) is 12.1 Å². The van der Waals surface area contributed by atoms with Gasteiger partial charge in [-0.3, -0.25) is 0 Å². The normalized spacial score (nSPS) is 30.7. The van der Waals surface area contributed by atoms with E-state index in [1.165, 1.54) is 0 Å². The van der Waals surface area contributed by atoms with Crippen molar-refractivity contribution in [1.29, 1.82) is 0 Å². The van der Waals surface area contributed by atoms with Gasteiger partial charge in [0.25, 0.3) is 0 Å². The molecular weight excluding hydrogens is 166 g/mol. The summed E-state index contributed by atoms with van der Waals surface area (Å²) >= 11 is 0. The van der Waals surface area contributed by atoms with Crippen molar-refractivity contribution in [2.24, 2.45) is 0 Å². The molecule has 1 unspecified atom stereocenters. The lowest BCUT2D eigenvalue weighted by Crippen LogP contribution is -2.41. The Labute approximate surface area is 80.5 Å². The molecule has 1 rings (SSSR count). The zero-order valence-corrected chi connectivity index (χ0v) is 8.62. The lowest BCUT2D eigenvalue weighted by atomic mass is 10.1. The van der Waals surface area contributed by atoms with E-state index in [1.807, 2.05) is 0 Å². The van der Waals surface area contributed by atoms with Crippen LogP contribution in [0.4, 0.5) is 0 Å². The molecule has 0 aromatic rings. The molecule has 0 spiro atoms. The third-order valence-corrected chi connectivity index (χ3v) is 2.73. The molecule has 2 N–H and O–H groups in total. The van der Waals surface area contributed by atoms with Gasteiger partial charge in [-0.2, -0.15) is 0 Å². The summed E-state index contributed by atoms with van der Waals surface area (Å²) in [5, 5.41) is 13.0. The summed E-state index contributed by atoms with van der Waals surface area (Å²) in [6, 6.07) is 0.754. The molecular formula is C10H21NO2. The van der Waals surface area contributed by atoms with Crippen LogP contribution in [0.1, 0.15) is 32.6 Å². The summed E-state index contributed by atoms with van der Waals surface area (Å²) < 4.78 is 5.00. The molecule has 1 aliphatic carbocycles. The highest BCUT2D eigenvalue weighted by Gasteiger charge is 2.25. The first-order chi connectivity index (χ1) is 6.24. The van der Waals surface area contributed by atoms with E-state index in [-0.39, 0.29) is 6.10 Å². The van der Waals surface area contributed by atoms with E-state index >= 15 is 0 Å². The van der Waals surface area contributed by atoms with Crippen molar-refractivity contribution in [3.63, 3.8) is 0 Å². The maximum Gasteiger partial charge on any atom is 0.0693 e. The predicted molar refractivity (Wildman–Crippen MR) is 52.7 cm³/mol. The van der Waals surface area contributed by atoms with Crippen LogP contribution in [0.3, 0.4) is 0 Å². The minimum atomic E-state index is -0.134. The minimum absolute atomic E-state index is 0.134. The van der Waals surface area contributed by atoms with E-state index in [4.69, 9.17) is 4.74 Å². The first-order valence-corrected chi connectivity index (χ1v) is 5.17. The summed E-state index contributed by atoms with van der Waals surface area (Å²) in [6.45, 7) is 2.93. The van der Waals surface area contributed by atoms with Crippen molar-refractivity contribution in [3.05, 3.63) is 0 Å². The highest BCUT2D eigenvalue weighted by atomic mass is 16.5. The van der Waals surface area contributed by atoms with Crippen molar-refractivity contribution in [2.45, 2.75) is 50.8 Å². The SMILES string of the molecule is COCCC(C)N[C@H]1CCC[C@@H]1O. The molecule has 0 saturated heterocycles. The van der Waals surface area contributed by atoms with Gasteiger partial charge in [-0.15, -0.1) is 0 Å². The Morgan fingerprint density at radius 3 is 2.85 bits per heavy atom. The number of ether oxygens (including phenoxy) is 1. The van der Waals surface area contributed by atoms with E-state index in [0.717, 1.165) is 32.3 Å². The molecule has 0 bridgehead atoms. The summed E-state index contributed by atoms with van der Waals surface area (Å²) in [7, 11) is 1.72. The van der Waals surface area contributed by atoms with Crippen LogP contribution in [0, 0.1) is 0 Å².